The van der Waals surface area contributed by atoms with E-state index in [-0.39, 0.29) is 11.9 Å². The molecule has 0 aliphatic carbocycles. The third-order valence-electron chi connectivity index (χ3n) is 2.97. The van der Waals surface area contributed by atoms with Crippen LogP contribution < -0.4 is 5.32 Å². The summed E-state index contributed by atoms with van der Waals surface area (Å²) in [4.78, 5) is 1.11. The lowest BCUT2D eigenvalue weighted by atomic mass is 10.2. The van der Waals surface area contributed by atoms with E-state index in [1.807, 2.05) is 18.4 Å². The van der Waals surface area contributed by atoms with E-state index in [2.05, 4.69) is 36.8 Å². The number of benzene rings is 1. The van der Waals surface area contributed by atoms with Crippen molar-refractivity contribution in [3.8, 4) is 5.69 Å². The van der Waals surface area contributed by atoms with Crippen molar-refractivity contribution >= 4 is 33.0 Å². The summed E-state index contributed by atoms with van der Waals surface area (Å²) in [5.74, 6) is -0.314. The highest BCUT2D eigenvalue weighted by Crippen LogP contribution is 2.32. The van der Waals surface area contributed by atoms with Crippen molar-refractivity contribution < 1.29 is 4.39 Å². The zero-order valence-corrected chi connectivity index (χ0v) is 13.4. The molecule has 0 saturated carbocycles. The van der Waals surface area contributed by atoms with Gasteiger partial charge in [0.05, 0.1) is 17.4 Å². The maximum atomic E-state index is 14.0. The summed E-state index contributed by atoms with van der Waals surface area (Å²) < 4.78 is 16.5. The van der Waals surface area contributed by atoms with Gasteiger partial charge in [0.2, 0.25) is 0 Å². The van der Waals surface area contributed by atoms with E-state index in [4.69, 9.17) is 0 Å². The fourth-order valence-electron chi connectivity index (χ4n) is 1.96. The first-order valence-electron chi connectivity index (χ1n) is 6.17. The first-order chi connectivity index (χ1) is 10.1. The van der Waals surface area contributed by atoms with Crippen LogP contribution in [0.2, 0.25) is 0 Å². The molecule has 3 aromatic rings. The molecule has 0 amide bonds. The standard InChI is InChI=1S/C13H11BrFN5S/c1-8(13-10(14)4-5-21-13)17-12-6-9(2-3-11(12)15)20-7-16-18-19-20/h2-8,17H,1H3. The summed E-state index contributed by atoms with van der Waals surface area (Å²) >= 11 is 5.11. The molecule has 0 bridgehead atoms. The summed E-state index contributed by atoms with van der Waals surface area (Å²) in [5.41, 5.74) is 1.11. The van der Waals surface area contributed by atoms with E-state index in [1.165, 1.54) is 17.1 Å². The average molecular weight is 368 g/mol. The Morgan fingerprint density at radius 2 is 2.24 bits per heavy atom. The van der Waals surface area contributed by atoms with Crippen LogP contribution in [0.15, 0.2) is 40.4 Å². The van der Waals surface area contributed by atoms with Gasteiger partial charge in [0.15, 0.2) is 0 Å². The molecule has 0 fully saturated rings. The van der Waals surface area contributed by atoms with Crippen LogP contribution in [0.5, 0.6) is 0 Å². The lowest BCUT2D eigenvalue weighted by Gasteiger charge is -2.16. The molecule has 0 saturated heterocycles. The maximum absolute atomic E-state index is 14.0. The van der Waals surface area contributed by atoms with Gasteiger partial charge in [-0.3, -0.25) is 0 Å². The number of anilines is 1. The highest BCUT2D eigenvalue weighted by molar-refractivity contribution is 9.10. The molecule has 0 spiro atoms. The summed E-state index contributed by atoms with van der Waals surface area (Å²) in [6.07, 6.45) is 1.47. The minimum absolute atomic E-state index is 0.0157. The van der Waals surface area contributed by atoms with Crippen molar-refractivity contribution in [1.29, 1.82) is 0 Å². The second-order valence-corrected chi connectivity index (χ2v) is 6.22. The molecule has 21 heavy (non-hydrogen) atoms. The van der Waals surface area contributed by atoms with Gasteiger partial charge in [-0.25, -0.2) is 9.07 Å². The van der Waals surface area contributed by atoms with Crippen LogP contribution in [0.1, 0.15) is 17.8 Å². The molecule has 2 aromatic heterocycles. The van der Waals surface area contributed by atoms with Gasteiger partial charge in [-0.1, -0.05) is 0 Å². The van der Waals surface area contributed by atoms with E-state index >= 15 is 0 Å². The van der Waals surface area contributed by atoms with Crippen molar-refractivity contribution in [2.75, 3.05) is 5.32 Å². The predicted molar refractivity (Wildman–Crippen MR) is 83.2 cm³/mol. The van der Waals surface area contributed by atoms with Crippen LogP contribution in [-0.2, 0) is 0 Å². The van der Waals surface area contributed by atoms with Gasteiger partial charge in [0, 0.05) is 9.35 Å². The molecule has 1 unspecified atom stereocenters. The molecular formula is C13H11BrFN5S. The number of aromatic nitrogens is 4. The molecule has 3 rings (SSSR count). The molecule has 0 aliphatic rings. The van der Waals surface area contributed by atoms with E-state index < -0.39 is 0 Å². The van der Waals surface area contributed by atoms with Crippen molar-refractivity contribution in [3.05, 3.63) is 51.1 Å². The average Bonchev–Trinajstić information content (AvgIpc) is 3.12. The third-order valence-corrected chi connectivity index (χ3v) is 5.03. The van der Waals surface area contributed by atoms with Crippen LogP contribution in [-0.4, -0.2) is 20.2 Å². The van der Waals surface area contributed by atoms with Crippen LogP contribution in [0.4, 0.5) is 10.1 Å². The predicted octanol–water partition coefficient (Wildman–Crippen LogP) is 3.80. The molecule has 5 nitrogen and oxygen atoms in total. The normalized spacial score (nSPS) is 12.3. The topological polar surface area (TPSA) is 55.6 Å². The number of nitrogens with one attached hydrogen (secondary N) is 1. The number of nitrogens with zero attached hydrogens (tertiary/aromatic N) is 4. The van der Waals surface area contributed by atoms with Gasteiger partial charge in [-0.15, -0.1) is 16.4 Å². The van der Waals surface area contributed by atoms with Crippen LogP contribution in [0.3, 0.4) is 0 Å². The Labute approximate surface area is 132 Å². The van der Waals surface area contributed by atoms with Gasteiger partial charge >= 0.3 is 0 Å². The second kappa shape index (κ2) is 5.90. The molecule has 1 aromatic carbocycles. The first kappa shape index (κ1) is 14.2. The number of hydrogen-bond donors (Lipinski definition) is 1. The van der Waals surface area contributed by atoms with Gasteiger partial charge in [0.1, 0.15) is 12.1 Å². The lowest BCUT2D eigenvalue weighted by Crippen LogP contribution is -2.08. The zero-order chi connectivity index (χ0) is 14.8. The molecule has 8 heteroatoms. The van der Waals surface area contributed by atoms with Crippen LogP contribution in [0.25, 0.3) is 5.69 Å². The molecule has 108 valence electrons. The van der Waals surface area contributed by atoms with Crippen molar-refractivity contribution in [3.63, 3.8) is 0 Å². The Morgan fingerprint density at radius 1 is 1.38 bits per heavy atom. The fraction of sp³-hybridized carbons (Fsp3) is 0.154. The third kappa shape index (κ3) is 2.96. The number of thiophene rings is 1. The first-order valence-corrected chi connectivity index (χ1v) is 7.85. The molecule has 2 heterocycles. The molecular weight excluding hydrogens is 357 g/mol. The Morgan fingerprint density at radius 3 is 2.90 bits per heavy atom. The highest BCUT2D eigenvalue weighted by atomic mass is 79.9. The maximum Gasteiger partial charge on any atom is 0.146 e. The van der Waals surface area contributed by atoms with Crippen molar-refractivity contribution in [2.24, 2.45) is 0 Å². The van der Waals surface area contributed by atoms with Crippen molar-refractivity contribution in [2.45, 2.75) is 13.0 Å². The molecule has 0 aliphatic heterocycles. The van der Waals surface area contributed by atoms with E-state index in [0.29, 0.717) is 11.4 Å². The summed E-state index contributed by atoms with van der Waals surface area (Å²) in [7, 11) is 0. The number of hydrogen-bond acceptors (Lipinski definition) is 5. The van der Waals surface area contributed by atoms with Crippen molar-refractivity contribution in [1.82, 2.24) is 20.2 Å². The lowest BCUT2D eigenvalue weighted by molar-refractivity contribution is 0.626. The molecule has 1 atom stereocenters. The van der Waals surface area contributed by atoms with Crippen LogP contribution in [0, 0.1) is 5.82 Å². The smallest absolute Gasteiger partial charge is 0.146 e. The largest absolute Gasteiger partial charge is 0.375 e. The number of halogens is 2. The molecule has 0 radical (unpaired) electrons. The van der Waals surface area contributed by atoms with Gasteiger partial charge in [-0.2, -0.15) is 0 Å². The minimum Gasteiger partial charge on any atom is -0.375 e. The van der Waals surface area contributed by atoms with Gasteiger partial charge in [-0.05, 0) is 62.9 Å². The second-order valence-electron chi connectivity index (χ2n) is 4.42. The summed E-state index contributed by atoms with van der Waals surface area (Å²) in [5, 5.41) is 16.1. The van der Waals surface area contributed by atoms with Gasteiger partial charge < -0.3 is 5.32 Å². The van der Waals surface area contributed by atoms with E-state index in [0.717, 1.165) is 9.35 Å². The summed E-state index contributed by atoms with van der Waals surface area (Å²) in [6, 6.07) is 6.67. The number of rotatable bonds is 4. The Hall–Kier alpha value is -1.80. The fourth-order valence-corrected chi connectivity index (χ4v) is 3.68. The van der Waals surface area contributed by atoms with E-state index in [1.54, 1.807) is 23.5 Å². The molecule has 1 N–H and O–H groups in total. The minimum atomic E-state index is -0.314. The monoisotopic (exact) mass is 367 g/mol. The Bertz CT molecular complexity index is 743. The van der Waals surface area contributed by atoms with Crippen LogP contribution >= 0.6 is 27.3 Å². The number of tetrazole rings is 1. The zero-order valence-electron chi connectivity index (χ0n) is 11.0. The quantitative estimate of drug-likeness (QED) is 0.761. The Balaban J connectivity index is 1.88. The highest BCUT2D eigenvalue weighted by Gasteiger charge is 2.13. The van der Waals surface area contributed by atoms with Gasteiger partial charge in [0.25, 0.3) is 0 Å². The SMILES string of the molecule is CC(Nc1cc(-n2cnnn2)ccc1F)c1sccc1Br. The summed E-state index contributed by atoms with van der Waals surface area (Å²) in [6.45, 7) is 1.99. The Kier molecular flexibility index (Phi) is 3.98. The van der Waals surface area contributed by atoms with E-state index in [9.17, 15) is 4.39 Å².